The molecule has 0 aromatic heterocycles. The average Bonchev–Trinajstić information content (AvgIpc) is 2.67. The van der Waals surface area contributed by atoms with Crippen LogP contribution in [0.15, 0.2) is 48.5 Å². The Hall–Kier alpha value is -2.29. The van der Waals surface area contributed by atoms with Crippen molar-refractivity contribution in [3.63, 3.8) is 0 Å². The first-order valence-corrected chi connectivity index (χ1v) is 9.82. The molecule has 0 unspecified atom stereocenters. The Balaban J connectivity index is 2.21. The predicted octanol–water partition coefficient (Wildman–Crippen LogP) is 6.08. The fraction of sp³-hybridized carbons (Fsp3) is 0.458. The third-order valence-corrected chi connectivity index (χ3v) is 5.67. The van der Waals surface area contributed by atoms with Crippen LogP contribution in [-0.4, -0.2) is 12.5 Å². The Morgan fingerprint density at radius 3 is 2.15 bits per heavy atom. The van der Waals surface area contributed by atoms with Crippen molar-refractivity contribution in [2.45, 2.75) is 65.2 Å². The van der Waals surface area contributed by atoms with Crippen LogP contribution in [0.2, 0.25) is 0 Å². The van der Waals surface area contributed by atoms with Gasteiger partial charge in [-0.05, 0) is 47.4 Å². The largest absolute Gasteiger partial charge is 0.483 e. The van der Waals surface area contributed by atoms with E-state index in [0.29, 0.717) is 0 Å². The van der Waals surface area contributed by atoms with Gasteiger partial charge in [-0.2, -0.15) is 0 Å². The first-order chi connectivity index (χ1) is 12.7. The molecule has 27 heavy (non-hydrogen) atoms. The summed E-state index contributed by atoms with van der Waals surface area (Å²) >= 11 is 0. The molecule has 0 bridgehead atoms. The number of nitrogens with one attached hydrogen (secondary N) is 1. The van der Waals surface area contributed by atoms with Crippen LogP contribution in [0.4, 0.5) is 5.69 Å². The van der Waals surface area contributed by atoms with Crippen molar-refractivity contribution in [3.05, 3.63) is 59.7 Å². The molecule has 2 rings (SSSR count). The van der Waals surface area contributed by atoms with Crippen molar-refractivity contribution in [1.29, 1.82) is 0 Å². The summed E-state index contributed by atoms with van der Waals surface area (Å²) in [6.45, 7) is 13.4. The molecule has 0 aliphatic rings. The molecule has 0 saturated heterocycles. The average molecular weight is 368 g/mol. The fourth-order valence-corrected chi connectivity index (χ4v) is 2.86. The topological polar surface area (TPSA) is 38.3 Å². The number of amides is 1. The van der Waals surface area contributed by atoms with Crippen LogP contribution in [0.25, 0.3) is 0 Å². The van der Waals surface area contributed by atoms with Gasteiger partial charge in [-0.1, -0.05) is 71.9 Å². The van der Waals surface area contributed by atoms with Crippen LogP contribution in [0.5, 0.6) is 5.75 Å². The van der Waals surface area contributed by atoms with Gasteiger partial charge < -0.3 is 10.1 Å². The third-order valence-electron chi connectivity index (χ3n) is 5.67. The van der Waals surface area contributed by atoms with Gasteiger partial charge in [0.2, 0.25) is 0 Å². The second kappa shape index (κ2) is 8.60. The number of rotatable bonds is 8. The van der Waals surface area contributed by atoms with Crippen LogP contribution in [0.3, 0.4) is 0 Å². The van der Waals surface area contributed by atoms with Crippen molar-refractivity contribution in [3.8, 4) is 5.75 Å². The molecule has 1 amide bonds. The maximum absolute atomic E-state index is 12.3. The van der Waals surface area contributed by atoms with Crippen LogP contribution in [0, 0.1) is 0 Å². The van der Waals surface area contributed by atoms with E-state index in [2.05, 4.69) is 59.0 Å². The van der Waals surface area contributed by atoms with Crippen LogP contribution < -0.4 is 10.1 Å². The van der Waals surface area contributed by atoms with Crippen molar-refractivity contribution in [2.24, 2.45) is 0 Å². The number of carbonyl (C=O) groups excluding carboxylic acids is 1. The second-order valence-corrected chi connectivity index (χ2v) is 8.39. The highest BCUT2D eigenvalue weighted by atomic mass is 16.5. The Labute approximate surface area is 164 Å². The van der Waals surface area contributed by atoms with Gasteiger partial charge in [0.25, 0.3) is 5.91 Å². The third kappa shape index (κ3) is 5.35. The summed E-state index contributed by atoms with van der Waals surface area (Å²) in [5, 5.41) is 2.87. The lowest BCUT2D eigenvalue weighted by molar-refractivity contribution is -0.118. The minimum Gasteiger partial charge on any atom is -0.483 e. The van der Waals surface area contributed by atoms with Crippen LogP contribution in [0.1, 0.15) is 65.5 Å². The molecule has 3 nitrogen and oxygen atoms in total. The molecule has 1 N–H and O–H groups in total. The standard InChI is InChI=1S/C24H33NO2/c1-7-23(3,4)18-14-15-21(20(16-18)24(5,6)8-2)27-17-22(26)25-19-12-10-9-11-13-19/h9-16H,7-8,17H2,1-6H3,(H,25,26). The maximum Gasteiger partial charge on any atom is 0.262 e. The smallest absolute Gasteiger partial charge is 0.262 e. The molecule has 2 aromatic carbocycles. The lowest BCUT2D eigenvalue weighted by atomic mass is 9.76. The second-order valence-electron chi connectivity index (χ2n) is 8.39. The molecular formula is C24H33NO2. The van der Waals surface area contributed by atoms with E-state index in [0.717, 1.165) is 29.8 Å². The number of benzene rings is 2. The Bertz CT molecular complexity index is 763. The van der Waals surface area contributed by atoms with E-state index in [-0.39, 0.29) is 23.3 Å². The quantitative estimate of drug-likeness (QED) is 0.614. The summed E-state index contributed by atoms with van der Waals surface area (Å²) in [6, 6.07) is 15.9. The summed E-state index contributed by atoms with van der Waals surface area (Å²) in [5.41, 5.74) is 3.34. The Morgan fingerprint density at radius 2 is 1.56 bits per heavy atom. The molecule has 0 aliphatic heterocycles. The summed E-state index contributed by atoms with van der Waals surface area (Å²) in [6.07, 6.45) is 2.06. The molecule has 0 radical (unpaired) electrons. The minimum atomic E-state index is -0.153. The molecule has 0 atom stereocenters. The lowest BCUT2D eigenvalue weighted by Gasteiger charge is -2.30. The summed E-state index contributed by atoms with van der Waals surface area (Å²) in [7, 11) is 0. The Morgan fingerprint density at radius 1 is 0.926 bits per heavy atom. The molecule has 0 heterocycles. The van der Waals surface area contributed by atoms with Crippen molar-refractivity contribution >= 4 is 11.6 Å². The molecule has 3 heteroatoms. The number of carbonyl (C=O) groups is 1. The van der Waals surface area contributed by atoms with Gasteiger partial charge >= 0.3 is 0 Å². The van der Waals surface area contributed by atoms with Gasteiger partial charge in [0.1, 0.15) is 5.75 Å². The summed E-state index contributed by atoms with van der Waals surface area (Å²) < 4.78 is 5.95. The minimum absolute atomic E-state index is 0.00178. The molecule has 146 valence electrons. The molecule has 0 spiro atoms. The van der Waals surface area contributed by atoms with Gasteiger partial charge in [0, 0.05) is 11.3 Å². The van der Waals surface area contributed by atoms with E-state index >= 15 is 0 Å². The van der Waals surface area contributed by atoms with Crippen LogP contribution in [-0.2, 0) is 15.6 Å². The maximum atomic E-state index is 12.3. The lowest BCUT2D eigenvalue weighted by Crippen LogP contribution is -2.24. The summed E-state index contributed by atoms with van der Waals surface area (Å²) in [5.74, 6) is 0.639. The van der Waals surface area contributed by atoms with E-state index in [1.54, 1.807) is 0 Å². The monoisotopic (exact) mass is 367 g/mol. The van der Waals surface area contributed by atoms with E-state index in [9.17, 15) is 4.79 Å². The molecular weight excluding hydrogens is 334 g/mol. The predicted molar refractivity (Wildman–Crippen MR) is 114 cm³/mol. The zero-order chi connectivity index (χ0) is 20.1. The number of para-hydroxylation sites is 1. The normalized spacial score (nSPS) is 11.9. The van der Waals surface area contributed by atoms with Gasteiger partial charge in [-0.15, -0.1) is 0 Å². The van der Waals surface area contributed by atoms with E-state index in [4.69, 9.17) is 4.74 Å². The highest BCUT2D eigenvalue weighted by molar-refractivity contribution is 5.91. The van der Waals surface area contributed by atoms with E-state index < -0.39 is 0 Å². The molecule has 0 saturated carbocycles. The number of hydrogen-bond donors (Lipinski definition) is 1. The van der Waals surface area contributed by atoms with Crippen molar-refractivity contribution in [1.82, 2.24) is 0 Å². The zero-order valence-electron chi connectivity index (χ0n) is 17.6. The number of ether oxygens (including phenoxy) is 1. The van der Waals surface area contributed by atoms with Crippen LogP contribution >= 0.6 is 0 Å². The SMILES string of the molecule is CCC(C)(C)c1ccc(OCC(=O)Nc2ccccc2)c(C(C)(C)CC)c1. The first-order valence-electron chi connectivity index (χ1n) is 9.82. The summed E-state index contributed by atoms with van der Waals surface area (Å²) in [4.78, 5) is 12.3. The highest BCUT2D eigenvalue weighted by Gasteiger charge is 2.26. The fourth-order valence-electron chi connectivity index (χ4n) is 2.86. The number of anilines is 1. The highest BCUT2D eigenvalue weighted by Crippen LogP contribution is 2.38. The zero-order valence-corrected chi connectivity index (χ0v) is 17.6. The van der Waals surface area contributed by atoms with Gasteiger partial charge in [0.15, 0.2) is 6.61 Å². The first kappa shape index (κ1) is 21.0. The van der Waals surface area contributed by atoms with Gasteiger partial charge in [0.05, 0.1) is 0 Å². The van der Waals surface area contributed by atoms with E-state index in [1.165, 1.54) is 5.56 Å². The Kier molecular flexibility index (Phi) is 6.69. The number of hydrogen-bond acceptors (Lipinski definition) is 2. The van der Waals surface area contributed by atoms with Gasteiger partial charge in [-0.25, -0.2) is 0 Å². The molecule has 0 fully saturated rings. The van der Waals surface area contributed by atoms with Crippen molar-refractivity contribution in [2.75, 3.05) is 11.9 Å². The van der Waals surface area contributed by atoms with Gasteiger partial charge in [-0.3, -0.25) is 4.79 Å². The van der Waals surface area contributed by atoms with Crippen molar-refractivity contribution < 1.29 is 9.53 Å². The van der Waals surface area contributed by atoms with E-state index in [1.807, 2.05) is 36.4 Å². The molecule has 2 aromatic rings. The molecule has 0 aliphatic carbocycles.